The largest absolute Gasteiger partial charge is 0.271 e. The first-order chi connectivity index (χ1) is 14.2. The van der Waals surface area contributed by atoms with E-state index in [9.17, 15) is 4.79 Å². The zero-order valence-electron chi connectivity index (χ0n) is 15.9. The Bertz CT molecular complexity index is 1130. The number of benzene rings is 2. The van der Waals surface area contributed by atoms with Crippen molar-refractivity contribution < 1.29 is 4.79 Å². The maximum absolute atomic E-state index is 12.4. The molecule has 4 rings (SSSR count). The molecule has 0 aliphatic rings. The highest BCUT2D eigenvalue weighted by Gasteiger charge is 2.12. The zero-order chi connectivity index (χ0) is 20.1. The van der Waals surface area contributed by atoms with Crippen LogP contribution in [-0.2, 0) is 6.54 Å². The van der Waals surface area contributed by atoms with Crippen molar-refractivity contribution in [3.63, 3.8) is 0 Å². The first kappa shape index (κ1) is 18.8. The molecule has 144 valence electrons. The molecule has 0 bridgehead atoms. The van der Waals surface area contributed by atoms with Crippen molar-refractivity contribution >= 4 is 23.5 Å². The van der Waals surface area contributed by atoms with Crippen LogP contribution in [0.25, 0.3) is 10.6 Å². The van der Waals surface area contributed by atoms with Gasteiger partial charge in [-0.15, -0.1) is 11.3 Å². The predicted octanol–water partition coefficient (Wildman–Crippen LogP) is 4.73. The number of aryl methyl sites for hydroxylation is 1. The number of carbonyl (C=O) groups is 1. The second-order valence-electron chi connectivity index (χ2n) is 6.61. The molecule has 0 atom stereocenters. The van der Waals surface area contributed by atoms with Gasteiger partial charge in [-0.2, -0.15) is 10.2 Å². The minimum atomic E-state index is -0.228. The molecule has 0 aliphatic carbocycles. The summed E-state index contributed by atoms with van der Waals surface area (Å²) < 4.78 is 1.90. The van der Waals surface area contributed by atoms with Gasteiger partial charge in [0.05, 0.1) is 17.6 Å². The number of amides is 1. The fraction of sp³-hybridized carbons (Fsp3) is 0.0870. The van der Waals surface area contributed by atoms with Crippen molar-refractivity contribution in [2.45, 2.75) is 13.5 Å². The van der Waals surface area contributed by atoms with Crippen LogP contribution in [0.2, 0.25) is 0 Å². The van der Waals surface area contributed by atoms with E-state index in [1.54, 1.807) is 23.6 Å². The van der Waals surface area contributed by atoms with E-state index < -0.39 is 0 Å². The normalized spacial score (nSPS) is 11.1. The summed E-state index contributed by atoms with van der Waals surface area (Å²) in [5, 5.41) is 10.9. The van der Waals surface area contributed by atoms with Crippen LogP contribution < -0.4 is 5.43 Å². The van der Waals surface area contributed by atoms with E-state index in [2.05, 4.69) is 22.7 Å². The topological polar surface area (TPSA) is 59.3 Å². The van der Waals surface area contributed by atoms with Crippen LogP contribution in [0, 0.1) is 6.92 Å². The van der Waals surface area contributed by atoms with Crippen LogP contribution in [0.3, 0.4) is 0 Å². The van der Waals surface area contributed by atoms with Crippen molar-refractivity contribution in [3.8, 4) is 10.6 Å². The average Bonchev–Trinajstić information content (AvgIpc) is 3.39. The number of hydrazone groups is 1. The Morgan fingerprint density at radius 2 is 1.90 bits per heavy atom. The molecular weight excluding hydrogens is 380 g/mol. The number of hydrogen-bond acceptors (Lipinski definition) is 4. The second-order valence-corrected chi connectivity index (χ2v) is 7.56. The number of nitrogens with zero attached hydrogens (tertiary/aromatic N) is 3. The first-order valence-corrected chi connectivity index (χ1v) is 10.1. The molecule has 2 heterocycles. The maximum atomic E-state index is 12.4. The summed E-state index contributed by atoms with van der Waals surface area (Å²) in [5.41, 5.74) is 7.02. The third-order valence-corrected chi connectivity index (χ3v) is 5.37. The summed E-state index contributed by atoms with van der Waals surface area (Å²) in [6.07, 6.45) is 3.60. The van der Waals surface area contributed by atoms with Crippen LogP contribution in [0.1, 0.15) is 27.0 Å². The van der Waals surface area contributed by atoms with Crippen molar-refractivity contribution in [2.24, 2.45) is 5.10 Å². The summed E-state index contributed by atoms with van der Waals surface area (Å²) >= 11 is 1.62. The third-order valence-electron chi connectivity index (χ3n) is 4.49. The lowest BCUT2D eigenvalue weighted by molar-refractivity contribution is 0.0954. The zero-order valence-corrected chi connectivity index (χ0v) is 16.8. The number of rotatable bonds is 6. The lowest BCUT2D eigenvalue weighted by Gasteiger charge is -2.02. The maximum Gasteiger partial charge on any atom is 0.271 e. The molecule has 1 amide bonds. The molecule has 4 aromatic rings. The highest BCUT2D eigenvalue weighted by molar-refractivity contribution is 7.13. The smallest absolute Gasteiger partial charge is 0.267 e. The quantitative estimate of drug-likeness (QED) is 0.376. The Hall–Kier alpha value is -3.51. The minimum absolute atomic E-state index is 0.228. The lowest BCUT2D eigenvalue weighted by atomic mass is 10.1. The van der Waals surface area contributed by atoms with E-state index in [1.807, 2.05) is 71.7 Å². The molecule has 0 unspecified atom stereocenters. The summed E-state index contributed by atoms with van der Waals surface area (Å²) in [4.78, 5) is 13.4. The van der Waals surface area contributed by atoms with Crippen molar-refractivity contribution in [2.75, 3.05) is 0 Å². The van der Waals surface area contributed by atoms with Crippen LogP contribution in [0.4, 0.5) is 0 Å². The summed E-state index contributed by atoms with van der Waals surface area (Å²) in [5.74, 6) is -0.228. The van der Waals surface area contributed by atoms with Gasteiger partial charge in [0.2, 0.25) is 0 Å². The van der Waals surface area contributed by atoms with Gasteiger partial charge in [0, 0.05) is 17.3 Å². The fourth-order valence-electron chi connectivity index (χ4n) is 3.04. The van der Waals surface area contributed by atoms with Gasteiger partial charge in [-0.1, -0.05) is 54.6 Å². The molecule has 0 saturated carbocycles. The molecular formula is C23H20N4OS. The monoisotopic (exact) mass is 400 g/mol. The Kier molecular flexibility index (Phi) is 5.63. The minimum Gasteiger partial charge on any atom is -0.267 e. The van der Waals surface area contributed by atoms with Gasteiger partial charge in [0.25, 0.3) is 5.91 Å². The van der Waals surface area contributed by atoms with Crippen molar-refractivity contribution in [1.29, 1.82) is 0 Å². The molecule has 2 aromatic heterocycles. The lowest BCUT2D eigenvalue weighted by Crippen LogP contribution is -2.18. The van der Waals surface area contributed by atoms with Crippen LogP contribution in [0.15, 0.2) is 83.4 Å². The number of aromatic nitrogens is 2. The predicted molar refractivity (Wildman–Crippen MR) is 117 cm³/mol. The van der Waals surface area contributed by atoms with Gasteiger partial charge in [0.15, 0.2) is 0 Å². The third kappa shape index (κ3) is 4.50. The summed E-state index contributed by atoms with van der Waals surface area (Å²) in [7, 11) is 0. The molecule has 1 N–H and O–H groups in total. The van der Waals surface area contributed by atoms with Gasteiger partial charge in [0.1, 0.15) is 5.69 Å². The molecule has 6 heteroatoms. The molecule has 0 spiro atoms. The molecule has 5 nitrogen and oxygen atoms in total. The van der Waals surface area contributed by atoms with E-state index >= 15 is 0 Å². The number of thiophene rings is 1. The molecule has 0 fully saturated rings. The van der Waals surface area contributed by atoms with Gasteiger partial charge in [-0.25, -0.2) is 5.43 Å². The van der Waals surface area contributed by atoms with E-state index in [-0.39, 0.29) is 5.91 Å². The highest BCUT2D eigenvalue weighted by atomic mass is 32.1. The van der Waals surface area contributed by atoms with Crippen LogP contribution >= 0.6 is 11.3 Å². The Morgan fingerprint density at radius 3 is 2.66 bits per heavy atom. The van der Waals surface area contributed by atoms with E-state index in [4.69, 9.17) is 5.10 Å². The summed E-state index contributed by atoms with van der Waals surface area (Å²) in [6, 6.07) is 21.6. The van der Waals surface area contributed by atoms with Crippen LogP contribution in [0.5, 0.6) is 0 Å². The molecule has 0 saturated heterocycles. The van der Waals surface area contributed by atoms with Gasteiger partial charge in [-0.05, 0) is 35.6 Å². The fourth-order valence-corrected chi connectivity index (χ4v) is 3.77. The average molecular weight is 401 g/mol. The number of hydrogen-bond donors (Lipinski definition) is 1. The SMILES string of the molecule is Cc1ccccc1C(=O)N/N=C\c1cn(Cc2ccccc2)nc1-c1cccs1. The van der Waals surface area contributed by atoms with Crippen LogP contribution in [-0.4, -0.2) is 21.9 Å². The summed E-state index contributed by atoms with van der Waals surface area (Å²) in [6.45, 7) is 2.57. The van der Waals surface area contributed by atoms with E-state index in [0.717, 1.165) is 21.7 Å². The first-order valence-electron chi connectivity index (χ1n) is 9.25. The van der Waals surface area contributed by atoms with Crippen molar-refractivity contribution in [3.05, 3.63) is 101 Å². The number of nitrogens with one attached hydrogen (secondary N) is 1. The van der Waals surface area contributed by atoms with E-state index in [1.165, 1.54) is 5.56 Å². The molecule has 29 heavy (non-hydrogen) atoms. The van der Waals surface area contributed by atoms with Crippen molar-refractivity contribution in [1.82, 2.24) is 15.2 Å². The Morgan fingerprint density at radius 1 is 1.10 bits per heavy atom. The van der Waals surface area contributed by atoms with Gasteiger partial charge >= 0.3 is 0 Å². The Balaban J connectivity index is 1.56. The molecule has 0 aliphatic heterocycles. The second kappa shape index (κ2) is 8.67. The molecule has 0 radical (unpaired) electrons. The van der Waals surface area contributed by atoms with Gasteiger partial charge in [-0.3, -0.25) is 9.48 Å². The highest BCUT2D eigenvalue weighted by Crippen LogP contribution is 2.26. The Labute approximate surface area is 173 Å². The number of carbonyl (C=O) groups excluding carboxylic acids is 1. The molecule has 2 aromatic carbocycles. The van der Waals surface area contributed by atoms with E-state index in [0.29, 0.717) is 12.1 Å². The van der Waals surface area contributed by atoms with Gasteiger partial charge < -0.3 is 0 Å². The standard InChI is InChI=1S/C23H20N4OS/c1-17-8-5-6-11-20(17)23(28)25-24-14-19-16-27(15-18-9-3-2-4-10-18)26-22(19)21-12-7-13-29-21/h2-14,16H,15H2,1H3,(H,25,28)/b24-14-.